The first-order valence-corrected chi connectivity index (χ1v) is 8.57. The van der Waals surface area contributed by atoms with Crippen LogP contribution in [0.5, 0.6) is 11.5 Å². The smallest absolute Gasteiger partial charge is 0.243 e. The van der Waals surface area contributed by atoms with Crippen molar-refractivity contribution in [1.29, 1.82) is 0 Å². The van der Waals surface area contributed by atoms with Crippen LogP contribution in [0.15, 0.2) is 17.0 Å². The standard InChI is InChI=1S/C14H20N2O4S/c1-10-6-12-13(20-9-19-12)7-14(10)21(17,18)16-4-2-11(8-15)3-5-16/h6-7,11H,2-5,8-9,15H2,1H3. The van der Waals surface area contributed by atoms with E-state index in [4.69, 9.17) is 15.2 Å². The van der Waals surface area contributed by atoms with Crippen molar-refractivity contribution >= 4 is 10.0 Å². The maximum atomic E-state index is 12.8. The highest BCUT2D eigenvalue weighted by Gasteiger charge is 2.31. The van der Waals surface area contributed by atoms with Crippen LogP contribution in [0.3, 0.4) is 0 Å². The Hall–Kier alpha value is -1.31. The van der Waals surface area contributed by atoms with E-state index in [9.17, 15) is 8.42 Å². The molecule has 7 heteroatoms. The Morgan fingerprint density at radius 2 is 1.86 bits per heavy atom. The molecule has 0 unspecified atom stereocenters. The molecule has 1 saturated heterocycles. The molecule has 1 fully saturated rings. The second-order valence-corrected chi connectivity index (χ2v) is 7.46. The summed E-state index contributed by atoms with van der Waals surface area (Å²) in [5.41, 5.74) is 6.34. The highest BCUT2D eigenvalue weighted by atomic mass is 32.2. The number of hydrogen-bond acceptors (Lipinski definition) is 5. The van der Waals surface area contributed by atoms with Crippen molar-refractivity contribution in [2.45, 2.75) is 24.7 Å². The van der Waals surface area contributed by atoms with Gasteiger partial charge in [-0.3, -0.25) is 0 Å². The van der Waals surface area contributed by atoms with Gasteiger partial charge in [0.05, 0.1) is 4.90 Å². The van der Waals surface area contributed by atoms with Crippen LogP contribution in [0.2, 0.25) is 0 Å². The first-order valence-electron chi connectivity index (χ1n) is 7.13. The second kappa shape index (κ2) is 5.47. The van der Waals surface area contributed by atoms with E-state index in [1.807, 2.05) is 0 Å². The Kier molecular flexibility index (Phi) is 3.81. The molecule has 0 bridgehead atoms. The lowest BCUT2D eigenvalue weighted by Crippen LogP contribution is -2.40. The van der Waals surface area contributed by atoms with E-state index in [1.54, 1.807) is 23.4 Å². The minimum absolute atomic E-state index is 0.139. The molecular formula is C14H20N2O4S. The largest absolute Gasteiger partial charge is 0.454 e. The molecule has 0 aromatic heterocycles. The third-order valence-electron chi connectivity index (χ3n) is 4.19. The lowest BCUT2D eigenvalue weighted by molar-refractivity contribution is 0.174. The SMILES string of the molecule is Cc1cc2c(cc1S(=O)(=O)N1CCC(CN)CC1)OCO2. The van der Waals surface area contributed by atoms with E-state index in [0.29, 0.717) is 47.5 Å². The molecule has 21 heavy (non-hydrogen) atoms. The minimum atomic E-state index is -3.49. The van der Waals surface area contributed by atoms with Gasteiger partial charge in [0.15, 0.2) is 11.5 Å². The summed E-state index contributed by atoms with van der Waals surface area (Å²) >= 11 is 0. The number of fused-ring (bicyclic) bond motifs is 1. The number of aryl methyl sites for hydroxylation is 1. The topological polar surface area (TPSA) is 81.9 Å². The van der Waals surface area contributed by atoms with Crippen LogP contribution in [0, 0.1) is 12.8 Å². The van der Waals surface area contributed by atoms with E-state index >= 15 is 0 Å². The van der Waals surface area contributed by atoms with E-state index in [0.717, 1.165) is 12.8 Å². The number of nitrogens with zero attached hydrogens (tertiary/aromatic N) is 1. The molecule has 3 rings (SSSR count). The summed E-state index contributed by atoms with van der Waals surface area (Å²) in [4.78, 5) is 0.304. The molecule has 116 valence electrons. The van der Waals surface area contributed by atoms with Crippen molar-refractivity contribution < 1.29 is 17.9 Å². The van der Waals surface area contributed by atoms with Gasteiger partial charge in [0, 0.05) is 19.2 Å². The van der Waals surface area contributed by atoms with E-state index < -0.39 is 10.0 Å². The van der Waals surface area contributed by atoms with Crippen LogP contribution in [-0.2, 0) is 10.0 Å². The van der Waals surface area contributed by atoms with Crippen LogP contribution in [0.1, 0.15) is 18.4 Å². The van der Waals surface area contributed by atoms with Crippen molar-refractivity contribution in [3.63, 3.8) is 0 Å². The fourth-order valence-corrected chi connectivity index (χ4v) is 4.52. The van der Waals surface area contributed by atoms with Crippen molar-refractivity contribution in [3.05, 3.63) is 17.7 Å². The summed E-state index contributed by atoms with van der Waals surface area (Å²) < 4.78 is 37.7. The van der Waals surface area contributed by atoms with Gasteiger partial charge in [-0.2, -0.15) is 4.31 Å². The second-order valence-electron chi connectivity index (χ2n) is 5.55. The quantitative estimate of drug-likeness (QED) is 0.903. The third-order valence-corrected chi connectivity index (χ3v) is 6.24. The zero-order chi connectivity index (χ0) is 15.0. The fourth-order valence-electron chi connectivity index (χ4n) is 2.83. The van der Waals surface area contributed by atoms with Gasteiger partial charge in [0.2, 0.25) is 16.8 Å². The average molecular weight is 312 g/mol. The Labute approximate surface area is 124 Å². The molecule has 0 saturated carbocycles. The van der Waals surface area contributed by atoms with Crippen molar-refractivity contribution in [3.8, 4) is 11.5 Å². The first-order chi connectivity index (χ1) is 10.0. The van der Waals surface area contributed by atoms with Gasteiger partial charge in [0.25, 0.3) is 0 Å². The molecule has 0 atom stereocenters. The molecule has 0 aliphatic carbocycles. The normalized spacial score (nSPS) is 19.9. The number of nitrogens with two attached hydrogens (primary N) is 1. The molecule has 0 amide bonds. The molecular weight excluding hydrogens is 292 g/mol. The van der Waals surface area contributed by atoms with Gasteiger partial charge in [-0.05, 0) is 43.9 Å². The van der Waals surface area contributed by atoms with Crippen LogP contribution in [0.4, 0.5) is 0 Å². The van der Waals surface area contributed by atoms with Crippen molar-refractivity contribution in [2.24, 2.45) is 11.7 Å². The van der Waals surface area contributed by atoms with Gasteiger partial charge < -0.3 is 15.2 Å². The predicted octanol–water partition coefficient (Wildman–Crippen LogP) is 1.08. The van der Waals surface area contributed by atoms with E-state index in [2.05, 4.69) is 0 Å². The van der Waals surface area contributed by atoms with E-state index in [1.165, 1.54) is 0 Å². The zero-order valence-corrected chi connectivity index (χ0v) is 12.9. The van der Waals surface area contributed by atoms with Gasteiger partial charge >= 0.3 is 0 Å². The molecule has 1 aromatic carbocycles. The first kappa shape index (κ1) is 14.6. The molecule has 0 radical (unpaired) electrons. The number of hydrogen-bond donors (Lipinski definition) is 1. The van der Waals surface area contributed by atoms with Crippen LogP contribution in [-0.4, -0.2) is 39.2 Å². The van der Waals surface area contributed by atoms with Gasteiger partial charge in [-0.15, -0.1) is 0 Å². The fraction of sp³-hybridized carbons (Fsp3) is 0.571. The van der Waals surface area contributed by atoms with Crippen LogP contribution in [0.25, 0.3) is 0 Å². The summed E-state index contributed by atoms with van der Waals surface area (Å²) in [5.74, 6) is 1.53. The number of sulfonamides is 1. The molecule has 2 N–H and O–H groups in total. The monoisotopic (exact) mass is 312 g/mol. The lowest BCUT2D eigenvalue weighted by atomic mass is 9.99. The lowest BCUT2D eigenvalue weighted by Gasteiger charge is -2.31. The number of ether oxygens (including phenoxy) is 2. The van der Waals surface area contributed by atoms with E-state index in [-0.39, 0.29) is 6.79 Å². The highest BCUT2D eigenvalue weighted by molar-refractivity contribution is 7.89. The third kappa shape index (κ3) is 2.61. The average Bonchev–Trinajstić information content (AvgIpc) is 2.93. The number of benzene rings is 1. The number of piperidine rings is 1. The summed E-state index contributed by atoms with van der Waals surface area (Å²) in [6.45, 7) is 3.59. The van der Waals surface area contributed by atoms with Crippen molar-refractivity contribution in [2.75, 3.05) is 26.4 Å². The Bertz CT molecular complexity index is 637. The Morgan fingerprint density at radius 3 is 2.48 bits per heavy atom. The summed E-state index contributed by atoms with van der Waals surface area (Å²) in [5, 5.41) is 0. The Morgan fingerprint density at radius 1 is 1.24 bits per heavy atom. The van der Waals surface area contributed by atoms with Gasteiger partial charge in [0.1, 0.15) is 0 Å². The molecule has 2 aliphatic heterocycles. The van der Waals surface area contributed by atoms with Gasteiger partial charge in [-0.1, -0.05) is 0 Å². The molecule has 2 heterocycles. The minimum Gasteiger partial charge on any atom is -0.454 e. The summed E-state index contributed by atoms with van der Waals surface area (Å²) in [7, 11) is -3.49. The van der Waals surface area contributed by atoms with Gasteiger partial charge in [-0.25, -0.2) is 8.42 Å². The number of rotatable bonds is 3. The maximum Gasteiger partial charge on any atom is 0.243 e. The molecule has 2 aliphatic rings. The Balaban J connectivity index is 1.89. The van der Waals surface area contributed by atoms with Crippen molar-refractivity contribution in [1.82, 2.24) is 4.31 Å². The summed E-state index contributed by atoms with van der Waals surface area (Å²) in [6, 6.07) is 3.30. The highest BCUT2D eigenvalue weighted by Crippen LogP contribution is 2.37. The zero-order valence-electron chi connectivity index (χ0n) is 12.0. The summed E-state index contributed by atoms with van der Waals surface area (Å²) in [6.07, 6.45) is 1.64. The van der Waals surface area contributed by atoms with Crippen LogP contribution < -0.4 is 15.2 Å². The van der Waals surface area contributed by atoms with Crippen LogP contribution >= 0.6 is 0 Å². The predicted molar refractivity (Wildman–Crippen MR) is 77.8 cm³/mol. The molecule has 1 aromatic rings. The maximum absolute atomic E-state index is 12.8. The molecule has 0 spiro atoms. The molecule has 6 nitrogen and oxygen atoms in total.